The predicted molar refractivity (Wildman–Crippen MR) is 127 cm³/mol. The van der Waals surface area contributed by atoms with Crippen molar-refractivity contribution in [3.63, 3.8) is 0 Å². The number of imidazole rings is 1. The van der Waals surface area contributed by atoms with Crippen LogP contribution in [-0.2, 0) is 0 Å². The average Bonchev–Trinajstić information content (AvgIpc) is 3.01. The average molecular weight is 466 g/mol. The number of carbonyl (C=O) groups excluding carboxylic acids is 1. The van der Waals surface area contributed by atoms with Crippen LogP contribution in [0.1, 0.15) is 72.1 Å². The SMILES string of the molecule is C=CN(C)C(=NC)C(O)c1c(C(N)=O)nc2n1C1CC(C1)c1cc(F)c(C#CC(C)(C)O)cc1-2. The molecule has 1 aromatic carbocycles. The molecular weight excluding hydrogens is 437 g/mol. The Labute approximate surface area is 197 Å². The van der Waals surface area contributed by atoms with Crippen LogP contribution in [-0.4, -0.2) is 56.1 Å². The summed E-state index contributed by atoms with van der Waals surface area (Å²) < 4.78 is 16.7. The third-order valence-electron chi connectivity index (χ3n) is 6.35. The number of benzene rings is 1. The highest BCUT2D eigenvalue weighted by molar-refractivity contribution is 5.96. The van der Waals surface area contributed by atoms with Gasteiger partial charge < -0.3 is 25.4 Å². The van der Waals surface area contributed by atoms with Gasteiger partial charge >= 0.3 is 0 Å². The third kappa shape index (κ3) is 3.89. The number of aromatic nitrogens is 2. The number of amides is 1. The lowest BCUT2D eigenvalue weighted by molar-refractivity contribution is 0.0990. The molecule has 178 valence electrons. The minimum atomic E-state index is -1.29. The van der Waals surface area contributed by atoms with E-state index in [0.717, 1.165) is 5.56 Å². The van der Waals surface area contributed by atoms with Gasteiger partial charge in [0.1, 0.15) is 23.1 Å². The smallest absolute Gasteiger partial charge is 0.269 e. The van der Waals surface area contributed by atoms with Crippen molar-refractivity contribution >= 4 is 11.7 Å². The fourth-order valence-corrected chi connectivity index (χ4v) is 4.62. The summed E-state index contributed by atoms with van der Waals surface area (Å²) in [6.45, 7) is 6.75. The fraction of sp³-hybridized carbons (Fsp3) is 0.400. The molecule has 0 saturated heterocycles. The van der Waals surface area contributed by atoms with Gasteiger partial charge in [-0.05, 0) is 56.5 Å². The molecule has 0 radical (unpaired) electrons. The molecule has 2 bridgehead atoms. The molecule has 2 aliphatic heterocycles. The topological polar surface area (TPSA) is 117 Å². The van der Waals surface area contributed by atoms with Crippen LogP contribution < -0.4 is 5.73 Å². The van der Waals surface area contributed by atoms with Gasteiger partial charge in [-0.3, -0.25) is 9.79 Å². The summed E-state index contributed by atoms with van der Waals surface area (Å²) in [5, 5.41) is 21.3. The maximum absolute atomic E-state index is 14.9. The van der Waals surface area contributed by atoms with Crippen molar-refractivity contribution in [1.29, 1.82) is 0 Å². The summed E-state index contributed by atoms with van der Waals surface area (Å²) in [6, 6.07) is 3.01. The Morgan fingerprint density at radius 3 is 2.71 bits per heavy atom. The molecule has 1 amide bonds. The van der Waals surface area contributed by atoms with Gasteiger partial charge in [0.05, 0.1) is 11.3 Å². The number of aliphatic hydroxyl groups excluding tert-OH is 1. The molecule has 1 aliphatic carbocycles. The van der Waals surface area contributed by atoms with Gasteiger partial charge in [-0.2, -0.15) is 0 Å². The number of hydrogen-bond donors (Lipinski definition) is 3. The molecule has 9 heteroatoms. The van der Waals surface area contributed by atoms with Crippen molar-refractivity contribution in [1.82, 2.24) is 14.5 Å². The van der Waals surface area contributed by atoms with E-state index in [1.54, 1.807) is 18.0 Å². The van der Waals surface area contributed by atoms with Gasteiger partial charge in [0.15, 0.2) is 11.8 Å². The maximum atomic E-state index is 14.9. The summed E-state index contributed by atoms with van der Waals surface area (Å²) in [4.78, 5) is 22.7. The zero-order chi connectivity index (χ0) is 24.9. The predicted octanol–water partition coefficient (Wildman–Crippen LogP) is 2.48. The fourth-order valence-electron chi connectivity index (χ4n) is 4.62. The van der Waals surface area contributed by atoms with Crippen LogP contribution in [0.2, 0.25) is 0 Å². The molecule has 1 saturated carbocycles. The molecule has 4 N–H and O–H groups in total. The third-order valence-corrected chi connectivity index (χ3v) is 6.35. The second-order valence-electron chi connectivity index (χ2n) is 9.23. The molecule has 3 heterocycles. The number of carbonyl (C=O) groups is 1. The first-order valence-corrected chi connectivity index (χ1v) is 11.0. The number of nitrogens with two attached hydrogens (primary N) is 1. The molecule has 8 nitrogen and oxygen atoms in total. The maximum Gasteiger partial charge on any atom is 0.269 e. The lowest BCUT2D eigenvalue weighted by Crippen LogP contribution is -2.33. The van der Waals surface area contributed by atoms with E-state index in [0.29, 0.717) is 24.2 Å². The molecule has 1 unspecified atom stereocenters. The first-order chi connectivity index (χ1) is 16.0. The Morgan fingerprint density at radius 2 is 2.15 bits per heavy atom. The van der Waals surface area contributed by atoms with E-state index < -0.39 is 23.4 Å². The van der Waals surface area contributed by atoms with Crippen molar-refractivity contribution in [2.45, 2.75) is 50.4 Å². The number of rotatable bonds is 4. The number of primary amides is 1. The molecule has 0 spiro atoms. The zero-order valence-electron chi connectivity index (χ0n) is 19.6. The van der Waals surface area contributed by atoms with Crippen LogP contribution in [0.4, 0.5) is 4.39 Å². The first-order valence-electron chi connectivity index (χ1n) is 11.0. The normalized spacial score (nSPS) is 19.6. The largest absolute Gasteiger partial charge is 0.379 e. The Bertz CT molecular complexity index is 1270. The summed E-state index contributed by atoms with van der Waals surface area (Å²) in [6.07, 6.45) is 1.63. The van der Waals surface area contributed by atoms with E-state index in [-0.39, 0.29) is 34.7 Å². The summed E-state index contributed by atoms with van der Waals surface area (Å²) in [5.41, 5.74) is 6.08. The highest BCUT2D eigenvalue weighted by Gasteiger charge is 2.43. The standard InChI is InChI=1S/C25H28FN5O3/c1-6-30(5)24(28-4)21(32)20-19(22(27)33)29-23-17-11-13(7-8-25(2,3)34)18(26)12-16(17)14-9-15(10-14)31(20)23/h6,11-12,14-15,21,32,34H,1,9-10H2,2-5H3,(H2,27,33). The summed E-state index contributed by atoms with van der Waals surface area (Å²) in [7, 11) is 3.22. The number of aliphatic imine (C=N–C) groups is 1. The quantitative estimate of drug-likeness (QED) is 0.364. The molecule has 1 fully saturated rings. The molecule has 3 aliphatic rings. The van der Waals surface area contributed by atoms with Crippen molar-refractivity contribution in [2.24, 2.45) is 10.7 Å². The summed E-state index contributed by atoms with van der Waals surface area (Å²) >= 11 is 0. The van der Waals surface area contributed by atoms with Crippen molar-refractivity contribution in [3.8, 4) is 23.2 Å². The number of halogens is 1. The van der Waals surface area contributed by atoms with E-state index in [2.05, 4.69) is 28.4 Å². The molecule has 34 heavy (non-hydrogen) atoms. The second-order valence-corrected chi connectivity index (χ2v) is 9.23. The molecule has 1 atom stereocenters. The van der Waals surface area contributed by atoms with Crippen molar-refractivity contribution in [3.05, 3.63) is 53.2 Å². The van der Waals surface area contributed by atoms with Crippen LogP contribution in [0.15, 0.2) is 29.9 Å². The van der Waals surface area contributed by atoms with E-state index in [1.165, 1.54) is 33.2 Å². The second kappa shape index (κ2) is 8.38. The number of amidine groups is 1. The number of nitrogens with zero attached hydrogens (tertiary/aromatic N) is 4. The van der Waals surface area contributed by atoms with Crippen molar-refractivity contribution in [2.75, 3.05) is 14.1 Å². The summed E-state index contributed by atoms with van der Waals surface area (Å²) in [5.74, 6) is 4.89. The van der Waals surface area contributed by atoms with Gasteiger partial charge in [0, 0.05) is 25.7 Å². The monoisotopic (exact) mass is 465 g/mol. The van der Waals surface area contributed by atoms with Crippen molar-refractivity contribution < 1.29 is 19.4 Å². The van der Waals surface area contributed by atoms with E-state index in [1.807, 2.05) is 4.57 Å². The minimum absolute atomic E-state index is 0.0428. The molecule has 5 rings (SSSR count). The Morgan fingerprint density at radius 1 is 1.47 bits per heavy atom. The van der Waals surface area contributed by atoms with E-state index in [9.17, 15) is 19.4 Å². The Hall–Kier alpha value is -3.48. The van der Waals surface area contributed by atoms with Gasteiger partial charge in [0.25, 0.3) is 5.91 Å². The van der Waals surface area contributed by atoms with Gasteiger partial charge in [0.2, 0.25) is 0 Å². The highest BCUT2D eigenvalue weighted by Crippen LogP contribution is 2.53. The lowest BCUT2D eigenvalue weighted by atomic mass is 9.75. The molecule has 1 aromatic heterocycles. The number of likely N-dealkylation sites (N-methyl/N-ethyl adjacent to an activating group) is 1. The number of hydrogen-bond acceptors (Lipinski definition) is 5. The molecular formula is C25H28FN5O3. The van der Waals surface area contributed by atoms with Gasteiger partial charge in [-0.15, -0.1) is 0 Å². The van der Waals surface area contributed by atoms with Crippen LogP contribution >= 0.6 is 0 Å². The zero-order valence-corrected chi connectivity index (χ0v) is 19.6. The molecule has 2 aromatic rings. The minimum Gasteiger partial charge on any atom is -0.379 e. The van der Waals surface area contributed by atoms with Gasteiger partial charge in [-0.25, -0.2) is 9.37 Å². The van der Waals surface area contributed by atoms with Crippen LogP contribution in [0.3, 0.4) is 0 Å². The van der Waals surface area contributed by atoms with Crippen LogP contribution in [0, 0.1) is 17.7 Å². The highest BCUT2D eigenvalue weighted by atomic mass is 19.1. The first kappa shape index (κ1) is 23.7. The van der Waals surface area contributed by atoms with E-state index >= 15 is 0 Å². The Kier molecular flexibility index (Phi) is 5.84. The van der Waals surface area contributed by atoms with Crippen LogP contribution in [0.25, 0.3) is 11.4 Å². The lowest BCUT2D eigenvalue weighted by Gasteiger charge is -2.36. The Balaban J connectivity index is 1.97. The van der Waals surface area contributed by atoms with E-state index in [4.69, 9.17) is 5.73 Å². The number of aliphatic hydroxyl groups is 2. The van der Waals surface area contributed by atoms with Crippen LogP contribution in [0.5, 0.6) is 0 Å². The van der Waals surface area contributed by atoms with Gasteiger partial charge in [-0.1, -0.05) is 18.4 Å².